The molecule has 1 heterocycles. The van der Waals surface area contributed by atoms with Gasteiger partial charge in [-0.2, -0.15) is 12.6 Å². The van der Waals surface area contributed by atoms with Gasteiger partial charge in [-0.05, 0) is 30.7 Å². The second-order valence-electron chi connectivity index (χ2n) is 5.00. The fourth-order valence-electron chi connectivity index (χ4n) is 2.46. The third-order valence-electron chi connectivity index (χ3n) is 3.66. The average Bonchev–Trinajstić information content (AvgIpc) is 2.45. The largest absolute Gasteiger partial charge is 0.301 e. The van der Waals surface area contributed by atoms with Crippen molar-refractivity contribution >= 4 is 12.6 Å². The lowest BCUT2D eigenvalue weighted by molar-refractivity contribution is 0.134. The molecule has 0 aromatic heterocycles. The number of nitrogens with zero attached hydrogens (tertiary/aromatic N) is 2. The molecular weight excluding hydrogens is 240 g/mol. The van der Waals surface area contributed by atoms with Gasteiger partial charge in [0.25, 0.3) is 0 Å². The first-order valence-electron chi connectivity index (χ1n) is 6.98. The van der Waals surface area contributed by atoms with Crippen molar-refractivity contribution in [1.29, 1.82) is 0 Å². The highest BCUT2D eigenvalue weighted by atomic mass is 32.1. The summed E-state index contributed by atoms with van der Waals surface area (Å²) in [6.07, 6.45) is 2.39. The maximum absolute atomic E-state index is 4.27. The van der Waals surface area contributed by atoms with E-state index >= 15 is 0 Å². The minimum Gasteiger partial charge on any atom is -0.301 e. The molecule has 2 nitrogen and oxygen atoms in total. The Balaban J connectivity index is 1.65. The van der Waals surface area contributed by atoms with Crippen molar-refractivity contribution in [3.63, 3.8) is 0 Å². The van der Waals surface area contributed by atoms with E-state index in [1.165, 1.54) is 57.7 Å². The van der Waals surface area contributed by atoms with Crippen molar-refractivity contribution < 1.29 is 0 Å². The van der Waals surface area contributed by atoms with E-state index in [4.69, 9.17) is 0 Å². The molecule has 0 spiro atoms. The second-order valence-corrected chi connectivity index (χ2v) is 5.44. The fourth-order valence-corrected chi connectivity index (χ4v) is 2.60. The molecular formula is C15H24N2S. The summed E-state index contributed by atoms with van der Waals surface area (Å²) in [6, 6.07) is 10.8. The molecule has 1 aromatic rings. The van der Waals surface area contributed by atoms with Crippen molar-refractivity contribution in [3.8, 4) is 0 Å². The molecule has 1 fully saturated rings. The van der Waals surface area contributed by atoms with Gasteiger partial charge >= 0.3 is 0 Å². The van der Waals surface area contributed by atoms with E-state index in [9.17, 15) is 0 Å². The highest BCUT2D eigenvalue weighted by Gasteiger charge is 2.15. The summed E-state index contributed by atoms with van der Waals surface area (Å²) in [7, 11) is 0. The number of hydrogen-bond donors (Lipinski definition) is 1. The van der Waals surface area contributed by atoms with Crippen molar-refractivity contribution in [2.45, 2.75) is 12.8 Å². The lowest BCUT2D eigenvalue weighted by Gasteiger charge is -2.34. The van der Waals surface area contributed by atoms with Gasteiger partial charge in [-0.3, -0.25) is 0 Å². The van der Waals surface area contributed by atoms with Crippen LogP contribution >= 0.6 is 12.6 Å². The van der Waals surface area contributed by atoms with Gasteiger partial charge in [0, 0.05) is 32.7 Å². The molecule has 1 aliphatic rings. The van der Waals surface area contributed by atoms with Crippen molar-refractivity contribution in [1.82, 2.24) is 9.80 Å². The topological polar surface area (TPSA) is 6.48 Å². The number of rotatable bonds is 6. The maximum Gasteiger partial charge on any atom is 0.0110 e. The summed E-state index contributed by atoms with van der Waals surface area (Å²) in [5.41, 5.74) is 1.45. The molecule has 3 heteroatoms. The highest BCUT2D eigenvalue weighted by Crippen LogP contribution is 2.06. The van der Waals surface area contributed by atoms with Crippen LogP contribution in [-0.2, 0) is 6.42 Å². The van der Waals surface area contributed by atoms with Crippen LogP contribution < -0.4 is 0 Å². The predicted molar refractivity (Wildman–Crippen MR) is 81.5 cm³/mol. The molecule has 0 aliphatic carbocycles. The van der Waals surface area contributed by atoms with Gasteiger partial charge < -0.3 is 9.80 Å². The molecule has 0 radical (unpaired) electrons. The molecule has 2 rings (SSSR count). The first-order chi connectivity index (χ1) is 8.88. The fraction of sp³-hybridized carbons (Fsp3) is 0.600. The van der Waals surface area contributed by atoms with Crippen LogP contribution in [0.2, 0.25) is 0 Å². The Bertz CT molecular complexity index is 321. The standard InChI is InChI=1S/C15H24N2S/c18-14-4-8-16-10-12-17(13-11-16)9-7-15-5-2-1-3-6-15/h1-3,5-6,18H,4,7-14H2. The molecule has 18 heavy (non-hydrogen) atoms. The average molecular weight is 264 g/mol. The zero-order chi connectivity index (χ0) is 12.6. The molecule has 0 amide bonds. The van der Waals surface area contributed by atoms with Crippen LogP contribution in [0.1, 0.15) is 12.0 Å². The third-order valence-corrected chi connectivity index (χ3v) is 3.97. The summed E-state index contributed by atoms with van der Waals surface area (Å²) in [6.45, 7) is 7.31. The van der Waals surface area contributed by atoms with E-state index in [2.05, 4.69) is 52.8 Å². The first kappa shape index (κ1) is 13.9. The predicted octanol–water partition coefficient (Wildman–Crippen LogP) is 2.17. The Hall–Kier alpha value is -0.510. The molecule has 0 saturated carbocycles. The Morgan fingerprint density at radius 1 is 0.889 bits per heavy atom. The summed E-state index contributed by atoms with van der Waals surface area (Å²) in [5.74, 6) is 1.01. The van der Waals surface area contributed by atoms with Gasteiger partial charge in [-0.15, -0.1) is 0 Å². The first-order valence-corrected chi connectivity index (χ1v) is 7.61. The lowest BCUT2D eigenvalue weighted by Crippen LogP contribution is -2.47. The zero-order valence-corrected chi connectivity index (χ0v) is 12.0. The molecule has 0 atom stereocenters. The van der Waals surface area contributed by atoms with Crippen LogP contribution in [0, 0.1) is 0 Å². The van der Waals surface area contributed by atoms with Crippen LogP contribution in [0.15, 0.2) is 30.3 Å². The van der Waals surface area contributed by atoms with Gasteiger partial charge in [0.05, 0.1) is 0 Å². The molecule has 100 valence electrons. The van der Waals surface area contributed by atoms with E-state index in [-0.39, 0.29) is 0 Å². The highest BCUT2D eigenvalue weighted by molar-refractivity contribution is 7.80. The smallest absolute Gasteiger partial charge is 0.0110 e. The van der Waals surface area contributed by atoms with Crippen molar-refractivity contribution in [3.05, 3.63) is 35.9 Å². The molecule has 1 aromatic carbocycles. The number of hydrogen-bond acceptors (Lipinski definition) is 3. The van der Waals surface area contributed by atoms with E-state index in [1.807, 2.05) is 0 Å². The van der Waals surface area contributed by atoms with Crippen LogP contribution in [-0.4, -0.2) is 54.8 Å². The van der Waals surface area contributed by atoms with Crippen LogP contribution in [0.4, 0.5) is 0 Å². The maximum atomic E-state index is 4.27. The van der Waals surface area contributed by atoms with Crippen LogP contribution in [0.25, 0.3) is 0 Å². The van der Waals surface area contributed by atoms with E-state index in [1.54, 1.807) is 0 Å². The van der Waals surface area contributed by atoms with Gasteiger partial charge in [-0.1, -0.05) is 30.3 Å². The van der Waals surface area contributed by atoms with Gasteiger partial charge in [0.15, 0.2) is 0 Å². The summed E-state index contributed by atoms with van der Waals surface area (Å²) in [4.78, 5) is 5.15. The van der Waals surface area contributed by atoms with E-state index < -0.39 is 0 Å². The van der Waals surface area contributed by atoms with Gasteiger partial charge in [0.1, 0.15) is 0 Å². The van der Waals surface area contributed by atoms with Gasteiger partial charge in [-0.25, -0.2) is 0 Å². The normalized spacial score (nSPS) is 18.1. The van der Waals surface area contributed by atoms with Crippen LogP contribution in [0.3, 0.4) is 0 Å². The van der Waals surface area contributed by atoms with E-state index in [0.29, 0.717) is 0 Å². The third kappa shape index (κ3) is 4.63. The second kappa shape index (κ2) is 7.82. The summed E-state index contributed by atoms with van der Waals surface area (Å²) in [5, 5.41) is 0. The Morgan fingerprint density at radius 2 is 1.50 bits per heavy atom. The quantitative estimate of drug-likeness (QED) is 0.787. The summed E-state index contributed by atoms with van der Waals surface area (Å²) >= 11 is 4.27. The monoisotopic (exact) mass is 264 g/mol. The zero-order valence-electron chi connectivity index (χ0n) is 11.1. The minimum atomic E-state index is 1.01. The van der Waals surface area contributed by atoms with Gasteiger partial charge in [0.2, 0.25) is 0 Å². The Morgan fingerprint density at radius 3 is 2.11 bits per heavy atom. The molecule has 1 aliphatic heterocycles. The molecule has 0 bridgehead atoms. The SMILES string of the molecule is SCCCN1CCN(CCc2ccccc2)CC1. The van der Waals surface area contributed by atoms with Crippen LogP contribution in [0.5, 0.6) is 0 Å². The molecule has 0 unspecified atom stereocenters. The number of thiol groups is 1. The van der Waals surface area contributed by atoms with Crippen molar-refractivity contribution in [2.24, 2.45) is 0 Å². The number of benzene rings is 1. The number of piperazine rings is 1. The molecule has 1 saturated heterocycles. The van der Waals surface area contributed by atoms with Crippen molar-refractivity contribution in [2.75, 3.05) is 45.0 Å². The minimum absolute atomic E-state index is 1.01. The lowest BCUT2D eigenvalue weighted by atomic mass is 10.1. The summed E-state index contributed by atoms with van der Waals surface area (Å²) < 4.78 is 0. The Kier molecular flexibility index (Phi) is 6.05. The van der Waals surface area contributed by atoms with E-state index in [0.717, 1.165) is 5.75 Å². The Labute approximate surface area is 116 Å². The molecule has 0 N–H and O–H groups in total.